The topological polar surface area (TPSA) is 40.6 Å². The molecule has 6 aliphatic rings. The molecule has 5 aromatic rings. The number of fused-ring (bicyclic) bond motifs is 3. The molecule has 3 fully saturated rings. The number of hydrogen-bond donors (Lipinski definition) is 0. The fourth-order valence-corrected chi connectivity index (χ4v) is 9.72. The molecule has 4 nitrogen and oxygen atoms in total. The lowest BCUT2D eigenvalue weighted by molar-refractivity contribution is 0.0968. The number of hydrogen-bond acceptors (Lipinski definition) is 4. The van der Waals surface area contributed by atoms with E-state index in [1.165, 1.54) is 94.6 Å². The third-order valence-corrected chi connectivity index (χ3v) is 15.0. The van der Waals surface area contributed by atoms with Gasteiger partial charge in [0.25, 0.3) is 0 Å². The molecule has 96 heavy (non-hydrogen) atoms. The number of benzene rings is 4. The number of nitrogens with zero attached hydrogens (tertiary/aromatic N) is 1. The molecule has 4 heteroatoms. The quantitative estimate of drug-likeness (QED) is 0.170. The summed E-state index contributed by atoms with van der Waals surface area (Å²) in [4.78, 5) is 4.01. The average Bonchev–Trinajstić information content (AvgIpc) is 1.37. The summed E-state index contributed by atoms with van der Waals surface area (Å²) in [5, 5.41) is 0. The largest absolute Gasteiger partial charge is 0.454 e. The Kier molecular flexibility index (Phi) is 87.3. The summed E-state index contributed by atoms with van der Waals surface area (Å²) < 4.78 is 15.2. The van der Waals surface area contributed by atoms with Crippen LogP contribution in [0, 0.1) is 47.3 Å². The molecule has 4 aromatic carbocycles. The summed E-state index contributed by atoms with van der Waals surface area (Å²) in [6.07, 6.45) is 21.8. The number of ether oxygens (including phenoxy) is 3. The van der Waals surface area contributed by atoms with Crippen molar-refractivity contribution in [3.63, 3.8) is 0 Å². The Hall–Kier alpha value is -4.41. The van der Waals surface area contributed by atoms with E-state index in [0.717, 1.165) is 83.9 Å². The van der Waals surface area contributed by atoms with Crippen LogP contribution in [0.4, 0.5) is 0 Å². The molecule has 4 aliphatic carbocycles. The molecule has 1 aromatic heterocycles. The molecule has 0 bridgehead atoms. The van der Waals surface area contributed by atoms with Crippen LogP contribution in [0.5, 0.6) is 11.5 Å². The van der Waals surface area contributed by atoms with E-state index in [9.17, 15) is 0 Å². The summed E-state index contributed by atoms with van der Waals surface area (Å²) >= 11 is 0. The highest BCUT2D eigenvalue weighted by Gasteiger charge is 2.25. The monoisotopic (exact) mass is 1340 g/mol. The average molecular weight is 1340 g/mol. The molecule has 2 saturated carbocycles. The van der Waals surface area contributed by atoms with E-state index in [4.69, 9.17) is 14.2 Å². The fraction of sp³-hybridized carbons (Fsp3) is 0.685. The first-order chi connectivity index (χ1) is 45.7. The van der Waals surface area contributed by atoms with Crippen LogP contribution in [0.25, 0.3) is 0 Å². The molecule has 3 heterocycles. The van der Waals surface area contributed by atoms with Crippen LogP contribution in [-0.4, -0.2) is 25.0 Å². The minimum absolute atomic E-state index is 0. The smallest absolute Gasteiger partial charge is 0.231 e. The molecule has 11 rings (SSSR count). The molecule has 0 radical (unpaired) electrons. The van der Waals surface area contributed by atoms with Crippen molar-refractivity contribution in [1.29, 1.82) is 0 Å². The van der Waals surface area contributed by atoms with Crippen molar-refractivity contribution in [2.45, 2.75) is 350 Å². The molecular weight excluding hydrogens is 1170 g/mol. The van der Waals surface area contributed by atoms with Gasteiger partial charge in [0, 0.05) is 25.6 Å². The molecule has 0 N–H and O–H groups in total. The van der Waals surface area contributed by atoms with Gasteiger partial charge in [-0.3, -0.25) is 4.98 Å². The Morgan fingerprint density at radius 3 is 0.958 bits per heavy atom. The summed E-state index contributed by atoms with van der Waals surface area (Å²) in [6, 6.07) is 40.1. The highest BCUT2D eigenvalue weighted by atomic mass is 16.7. The van der Waals surface area contributed by atoms with Crippen LogP contribution < -0.4 is 9.47 Å². The summed E-state index contributed by atoms with van der Waals surface area (Å²) in [5.41, 5.74) is 9.11. The predicted molar refractivity (Wildman–Crippen MR) is 444 cm³/mol. The van der Waals surface area contributed by atoms with Crippen molar-refractivity contribution in [1.82, 2.24) is 4.98 Å². The van der Waals surface area contributed by atoms with Crippen LogP contribution in [-0.2, 0) is 17.6 Å². The molecule has 0 spiro atoms. The Bertz CT molecular complexity index is 2110. The molecule has 2 unspecified atom stereocenters. The van der Waals surface area contributed by atoms with Gasteiger partial charge in [0.15, 0.2) is 11.5 Å². The van der Waals surface area contributed by atoms with Crippen molar-refractivity contribution >= 4 is 0 Å². The molecule has 2 aliphatic heterocycles. The first-order valence-corrected chi connectivity index (χ1v) is 39.8. The number of aromatic nitrogens is 1. The van der Waals surface area contributed by atoms with Crippen LogP contribution in [0.3, 0.4) is 0 Å². The standard InChI is InChI=1S/C13H18.C12H16.C9H12.C8H11N.C7H6O2.C7H14.C6H12.C5H10O.2C4H10.8C2H6.CH4/c1-10(2)12-9-5-7-11-6-3-4-8-13(11)12;1-9(2)11-8-7-10-5-3-4-6-12(10)11;1-8(2)9-6-4-3-5-7-9;1-7(2)8-4-3-5-9-6-8;1-2-4-7-6(3-1)8-5-9-7;1-6(2)7-4-3-5-7;1-5(2)6-3-4-6;1-2-4-6-5-3-1;2*1-4(2)3;8*1-2;/h3-4,6,8,10,12H,5,7,9H2,1-2H3;3-6,9,11H,7-8H2,1-2H3;3-8H,1-2H3;3-7H,1-2H3;1-4H,5H2;6-7H,3-5H2,1-2H3;5-6H,3-4H2,1-2H3;1-5H2;2*4H,1-3H3;8*1-2H3;1H4. The first kappa shape index (κ1) is 108. The maximum absolute atomic E-state index is 5.08. The van der Waals surface area contributed by atoms with Crippen LogP contribution in [0.15, 0.2) is 128 Å². The second kappa shape index (κ2) is 77.9. The number of aryl methyl sites for hydroxylation is 2. The predicted octanol–water partition coefficient (Wildman–Crippen LogP) is 31.4. The lowest BCUT2D eigenvalue weighted by atomic mass is 9.77. The molecular formula is C92H171NO3. The zero-order valence-electron chi connectivity index (χ0n) is 70.0. The van der Waals surface area contributed by atoms with E-state index in [-0.39, 0.29) is 7.43 Å². The maximum Gasteiger partial charge on any atom is 0.231 e. The van der Waals surface area contributed by atoms with Gasteiger partial charge in [-0.25, -0.2) is 0 Å². The van der Waals surface area contributed by atoms with Gasteiger partial charge >= 0.3 is 0 Å². The van der Waals surface area contributed by atoms with Crippen molar-refractivity contribution in [2.75, 3.05) is 20.0 Å². The minimum Gasteiger partial charge on any atom is -0.454 e. The third-order valence-electron chi connectivity index (χ3n) is 15.0. The van der Waals surface area contributed by atoms with E-state index < -0.39 is 0 Å². The summed E-state index contributed by atoms with van der Waals surface area (Å²) in [6.45, 7) is 74.7. The van der Waals surface area contributed by atoms with Crippen molar-refractivity contribution < 1.29 is 14.2 Å². The van der Waals surface area contributed by atoms with Gasteiger partial charge in [-0.15, -0.1) is 0 Å². The molecule has 2 atom stereocenters. The Morgan fingerprint density at radius 1 is 0.333 bits per heavy atom. The van der Waals surface area contributed by atoms with E-state index >= 15 is 0 Å². The Balaban J connectivity index is -0.000000148. The van der Waals surface area contributed by atoms with E-state index in [2.05, 4.69) is 208 Å². The minimum atomic E-state index is 0. The highest BCUT2D eigenvalue weighted by Crippen LogP contribution is 2.39. The second-order valence-corrected chi connectivity index (χ2v) is 26.0. The molecule has 562 valence electrons. The third kappa shape index (κ3) is 59.6. The lowest BCUT2D eigenvalue weighted by Crippen LogP contribution is -2.16. The van der Waals surface area contributed by atoms with E-state index in [0.29, 0.717) is 18.6 Å². The van der Waals surface area contributed by atoms with E-state index in [1.807, 2.05) is 153 Å². The zero-order valence-corrected chi connectivity index (χ0v) is 70.0. The SMILES string of the molecule is C.C1CCOCC1.CC.CC.CC.CC.CC.CC.CC.CC.CC(C)C.CC(C)C.CC(C)C1CC1.CC(C)C1CCC1.CC(C)C1CCCc2ccccc21.CC(C)C1CCc2ccccc21.CC(C)c1ccccc1.CC(C)c1cccnc1.c1ccc2c(c1)OCO2. The van der Waals surface area contributed by atoms with Gasteiger partial charge < -0.3 is 14.2 Å². The highest BCUT2D eigenvalue weighted by molar-refractivity contribution is 5.41. The zero-order chi connectivity index (χ0) is 74.5. The van der Waals surface area contributed by atoms with Gasteiger partial charge in [0.2, 0.25) is 6.79 Å². The lowest BCUT2D eigenvalue weighted by Gasteiger charge is -2.28. The second-order valence-electron chi connectivity index (χ2n) is 26.0. The number of pyridine rings is 1. The number of rotatable bonds is 6. The molecule has 1 saturated heterocycles. The Labute approximate surface area is 605 Å². The fourth-order valence-electron chi connectivity index (χ4n) is 9.72. The van der Waals surface area contributed by atoms with Crippen LogP contribution in [0.2, 0.25) is 0 Å². The van der Waals surface area contributed by atoms with Gasteiger partial charge in [-0.05, 0) is 187 Å². The van der Waals surface area contributed by atoms with Gasteiger partial charge in [0.1, 0.15) is 0 Å². The summed E-state index contributed by atoms with van der Waals surface area (Å²) in [7, 11) is 0. The first-order valence-electron chi connectivity index (χ1n) is 39.8. The molecule has 0 amide bonds. The summed E-state index contributed by atoms with van der Waals surface area (Å²) in [5.74, 6) is 11.9. The van der Waals surface area contributed by atoms with Crippen molar-refractivity contribution in [3.05, 3.63) is 161 Å². The van der Waals surface area contributed by atoms with Gasteiger partial charge in [0.05, 0.1) is 0 Å². The van der Waals surface area contributed by atoms with Gasteiger partial charge in [-0.2, -0.15) is 0 Å². The van der Waals surface area contributed by atoms with Crippen molar-refractivity contribution in [3.8, 4) is 11.5 Å². The number of para-hydroxylation sites is 2. The van der Waals surface area contributed by atoms with Gasteiger partial charge in [-0.1, -0.05) is 359 Å². The van der Waals surface area contributed by atoms with Crippen LogP contribution in [0.1, 0.15) is 371 Å². The van der Waals surface area contributed by atoms with E-state index in [1.54, 1.807) is 28.5 Å². The van der Waals surface area contributed by atoms with Crippen LogP contribution >= 0.6 is 0 Å². The van der Waals surface area contributed by atoms with Crippen molar-refractivity contribution in [2.24, 2.45) is 47.3 Å². The maximum atomic E-state index is 5.08. The Morgan fingerprint density at radius 2 is 0.688 bits per heavy atom. The normalized spacial score (nSPS) is 14.6.